The first-order chi connectivity index (χ1) is 15.8. The second-order valence-electron chi connectivity index (χ2n) is 7.21. The molecule has 1 N–H and O–H groups in total. The van der Waals surface area contributed by atoms with Gasteiger partial charge < -0.3 is 4.74 Å². The smallest absolute Gasteiger partial charge is 0.255 e. The second-order valence-corrected chi connectivity index (χ2v) is 9.15. The summed E-state index contributed by atoms with van der Waals surface area (Å²) in [5.41, 5.74) is 3.99. The summed E-state index contributed by atoms with van der Waals surface area (Å²) < 4.78 is 46.9. The zero-order chi connectivity index (χ0) is 23.8. The molecule has 0 radical (unpaired) electrons. The van der Waals surface area contributed by atoms with Crippen LogP contribution in [0.4, 0.5) is 4.39 Å². The van der Waals surface area contributed by atoms with E-state index in [4.69, 9.17) is 4.74 Å². The molecular formula is C24H24FN3O4S. The number of methoxy groups -OCH3 is 1. The minimum absolute atomic E-state index is 0.00904. The third kappa shape index (κ3) is 6.24. The molecule has 172 valence electrons. The van der Waals surface area contributed by atoms with Gasteiger partial charge in [-0.25, -0.2) is 18.2 Å². The van der Waals surface area contributed by atoms with Crippen molar-refractivity contribution in [1.82, 2.24) is 9.73 Å². The van der Waals surface area contributed by atoms with Crippen molar-refractivity contribution in [2.24, 2.45) is 5.10 Å². The van der Waals surface area contributed by atoms with Crippen LogP contribution in [-0.2, 0) is 21.4 Å². The molecule has 3 aromatic rings. The van der Waals surface area contributed by atoms with E-state index in [-0.39, 0.29) is 17.0 Å². The largest absolute Gasteiger partial charge is 0.496 e. The summed E-state index contributed by atoms with van der Waals surface area (Å²) in [6.45, 7) is 0.973. The monoisotopic (exact) mass is 469 g/mol. The van der Waals surface area contributed by atoms with E-state index < -0.39 is 28.3 Å². The van der Waals surface area contributed by atoms with Crippen LogP contribution >= 0.6 is 0 Å². The molecule has 0 atom stereocenters. The maximum absolute atomic E-state index is 14.2. The van der Waals surface area contributed by atoms with Crippen molar-refractivity contribution < 1.29 is 22.3 Å². The van der Waals surface area contributed by atoms with Gasteiger partial charge in [-0.1, -0.05) is 48.0 Å². The lowest BCUT2D eigenvalue weighted by Crippen LogP contribution is -2.39. The Hall–Kier alpha value is -3.56. The van der Waals surface area contributed by atoms with Crippen molar-refractivity contribution >= 4 is 22.1 Å². The maximum atomic E-state index is 14.2. The number of hydrazone groups is 1. The summed E-state index contributed by atoms with van der Waals surface area (Å²) in [7, 11) is -2.57. The summed E-state index contributed by atoms with van der Waals surface area (Å²) in [5.74, 6) is -0.664. The number of ether oxygens (including phenoxy) is 1. The van der Waals surface area contributed by atoms with Crippen LogP contribution in [0.3, 0.4) is 0 Å². The third-order valence-corrected chi connectivity index (χ3v) is 6.62. The molecule has 0 saturated carbocycles. The molecular weight excluding hydrogens is 445 g/mol. The van der Waals surface area contributed by atoms with Crippen LogP contribution in [0, 0.1) is 12.7 Å². The lowest BCUT2D eigenvalue weighted by atomic mass is 10.2. The average molecular weight is 470 g/mol. The zero-order valence-electron chi connectivity index (χ0n) is 18.2. The number of amides is 1. The molecule has 0 aromatic heterocycles. The molecule has 0 fully saturated rings. The highest BCUT2D eigenvalue weighted by Crippen LogP contribution is 2.20. The number of benzene rings is 3. The predicted octanol–water partition coefficient (Wildman–Crippen LogP) is 3.48. The van der Waals surface area contributed by atoms with E-state index in [0.717, 1.165) is 9.87 Å². The molecule has 1 amide bonds. The van der Waals surface area contributed by atoms with Crippen LogP contribution in [0.1, 0.15) is 16.7 Å². The average Bonchev–Trinajstić information content (AvgIpc) is 2.80. The highest BCUT2D eigenvalue weighted by atomic mass is 32.2. The number of nitrogens with one attached hydrogen (secondary N) is 1. The highest BCUT2D eigenvalue weighted by Gasteiger charge is 2.27. The number of carbonyl (C=O) groups is 1. The number of sulfonamides is 1. The van der Waals surface area contributed by atoms with Crippen LogP contribution < -0.4 is 10.2 Å². The highest BCUT2D eigenvalue weighted by molar-refractivity contribution is 7.89. The fraction of sp³-hybridized carbons (Fsp3) is 0.167. The first-order valence-corrected chi connectivity index (χ1v) is 11.5. The molecule has 0 bridgehead atoms. The molecule has 3 rings (SSSR count). The topological polar surface area (TPSA) is 88.1 Å². The van der Waals surface area contributed by atoms with E-state index >= 15 is 0 Å². The Balaban J connectivity index is 1.81. The van der Waals surface area contributed by atoms with E-state index in [9.17, 15) is 17.6 Å². The Morgan fingerprint density at radius 1 is 1.06 bits per heavy atom. The summed E-state index contributed by atoms with van der Waals surface area (Å²) in [5, 5.41) is 3.89. The third-order valence-electron chi connectivity index (χ3n) is 4.82. The van der Waals surface area contributed by atoms with Gasteiger partial charge in [0.1, 0.15) is 11.6 Å². The quantitative estimate of drug-likeness (QED) is 0.384. The van der Waals surface area contributed by atoms with Gasteiger partial charge in [-0.15, -0.1) is 0 Å². The van der Waals surface area contributed by atoms with Crippen molar-refractivity contribution in [2.75, 3.05) is 13.7 Å². The van der Waals surface area contributed by atoms with Crippen molar-refractivity contribution in [1.29, 1.82) is 0 Å². The van der Waals surface area contributed by atoms with Gasteiger partial charge in [0.05, 0.1) is 24.8 Å². The molecule has 0 heterocycles. The molecule has 3 aromatic carbocycles. The summed E-state index contributed by atoms with van der Waals surface area (Å²) in [4.78, 5) is 12.6. The van der Waals surface area contributed by atoms with E-state index in [1.54, 1.807) is 42.5 Å². The molecule has 0 spiro atoms. The summed E-state index contributed by atoms with van der Waals surface area (Å²) in [6.07, 6.45) is 1.40. The normalized spacial score (nSPS) is 11.6. The molecule has 0 aliphatic heterocycles. The number of rotatable bonds is 9. The zero-order valence-corrected chi connectivity index (χ0v) is 19.0. The number of aryl methyl sites for hydroxylation is 1. The number of hydrogen-bond acceptors (Lipinski definition) is 5. The van der Waals surface area contributed by atoms with Gasteiger partial charge in [-0.05, 0) is 37.3 Å². The second kappa shape index (κ2) is 10.8. The van der Waals surface area contributed by atoms with Gasteiger partial charge in [0.15, 0.2) is 0 Å². The van der Waals surface area contributed by atoms with Crippen LogP contribution in [-0.4, -0.2) is 38.5 Å². The van der Waals surface area contributed by atoms with Crippen LogP contribution in [0.15, 0.2) is 82.8 Å². The van der Waals surface area contributed by atoms with Crippen LogP contribution in [0.2, 0.25) is 0 Å². The minimum Gasteiger partial charge on any atom is -0.496 e. The van der Waals surface area contributed by atoms with Crippen molar-refractivity contribution in [3.8, 4) is 5.75 Å². The van der Waals surface area contributed by atoms with Gasteiger partial charge in [0, 0.05) is 17.7 Å². The van der Waals surface area contributed by atoms with Crippen molar-refractivity contribution in [3.63, 3.8) is 0 Å². The van der Waals surface area contributed by atoms with Crippen LogP contribution in [0.25, 0.3) is 0 Å². The molecule has 0 aliphatic rings. The SMILES string of the molecule is COc1ccccc1C=NNC(=O)CN(Cc1ccccc1F)S(=O)(=O)c1ccc(C)cc1. The Labute approximate surface area is 192 Å². The van der Waals surface area contributed by atoms with Gasteiger partial charge in [0.2, 0.25) is 10.0 Å². The maximum Gasteiger partial charge on any atom is 0.255 e. The first kappa shape index (κ1) is 24.1. The van der Waals surface area contributed by atoms with E-state index in [2.05, 4.69) is 10.5 Å². The van der Waals surface area contributed by atoms with Crippen molar-refractivity contribution in [2.45, 2.75) is 18.4 Å². The minimum atomic E-state index is -4.08. The van der Waals surface area contributed by atoms with Gasteiger partial charge in [-0.2, -0.15) is 9.41 Å². The molecule has 0 aliphatic carbocycles. The van der Waals surface area contributed by atoms with Gasteiger partial charge >= 0.3 is 0 Å². The number of halogens is 1. The first-order valence-electron chi connectivity index (χ1n) is 10.1. The van der Waals surface area contributed by atoms with E-state index in [1.807, 2.05) is 6.92 Å². The van der Waals surface area contributed by atoms with Crippen molar-refractivity contribution in [3.05, 3.63) is 95.3 Å². The standard InChI is InChI=1S/C24H24FN3O4S/c1-18-11-13-21(14-12-18)33(30,31)28(16-20-8-3-5-9-22(20)25)17-24(29)27-26-15-19-7-4-6-10-23(19)32-2/h3-15H,16-17H2,1-2H3,(H,27,29). The Bertz CT molecular complexity index is 1240. The lowest BCUT2D eigenvalue weighted by Gasteiger charge is -2.22. The fourth-order valence-electron chi connectivity index (χ4n) is 3.04. The molecule has 9 heteroatoms. The summed E-state index contributed by atoms with van der Waals surface area (Å²) >= 11 is 0. The number of carbonyl (C=O) groups excluding carboxylic acids is 1. The Morgan fingerprint density at radius 2 is 1.73 bits per heavy atom. The molecule has 7 nitrogen and oxygen atoms in total. The molecule has 33 heavy (non-hydrogen) atoms. The van der Waals surface area contributed by atoms with Crippen LogP contribution in [0.5, 0.6) is 5.75 Å². The number of hydrogen-bond donors (Lipinski definition) is 1. The van der Waals surface area contributed by atoms with Gasteiger partial charge in [-0.3, -0.25) is 4.79 Å². The Morgan fingerprint density at radius 3 is 2.42 bits per heavy atom. The number of nitrogens with zero attached hydrogens (tertiary/aromatic N) is 2. The lowest BCUT2D eigenvalue weighted by molar-refractivity contribution is -0.121. The molecule has 0 saturated heterocycles. The fourth-order valence-corrected chi connectivity index (χ4v) is 4.42. The summed E-state index contributed by atoms with van der Waals surface area (Å²) in [6, 6.07) is 19.1. The van der Waals surface area contributed by atoms with E-state index in [1.165, 1.54) is 43.7 Å². The number of para-hydroxylation sites is 1. The molecule has 0 unspecified atom stereocenters. The van der Waals surface area contributed by atoms with Gasteiger partial charge in [0.25, 0.3) is 5.91 Å². The van der Waals surface area contributed by atoms with E-state index in [0.29, 0.717) is 11.3 Å². The Kier molecular flexibility index (Phi) is 7.92. The predicted molar refractivity (Wildman–Crippen MR) is 124 cm³/mol.